The molecule has 5 N–H and O–H groups in total. The Morgan fingerprint density at radius 3 is 1.11 bits per heavy atom. The van der Waals surface area contributed by atoms with E-state index in [2.05, 4.69) is 57.7 Å². The van der Waals surface area contributed by atoms with Crippen molar-refractivity contribution in [2.75, 3.05) is 111 Å². The lowest BCUT2D eigenvalue weighted by Gasteiger charge is -2.33. The molecule has 0 aliphatic rings. The van der Waals surface area contributed by atoms with Crippen molar-refractivity contribution < 1.29 is 71.5 Å². The molecular formula is C47H95N5O18Si4. The average Bonchev–Trinajstić information content (AvgIpc) is 3.31. The average molecular weight is 1130 g/mol. The van der Waals surface area contributed by atoms with Crippen molar-refractivity contribution >= 4 is 51.2 Å². The summed E-state index contributed by atoms with van der Waals surface area (Å²) in [4.78, 5) is 79.6. The van der Waals surface area contributed by atoms with Crippen LogP contribution in [0.3, 0.4) is 0 Å². The van der Waals surface area contributed by atoms with Gasteiger partial charge in [-0.2, -0.15) is 0 Å². The topological polar surface area (TPSA) is 287 Å². The Balaban J connectivity index is 2.72. The molecular weight excluding hydrogens is 1030 g/mol. The zero-order chi connectivity index (χ0) is 55.5. The molecule has 0 atom stereocenters. The van der Waals surface area contributed by atoms with E-state index in [1.54, 1.807) is 0 Å². The number of ether oxygens (including phenoxy) is 6. The van der Waals surface area contributed by atoms with Gasteiger partial charge in [-0.25, -0.2) is 32.9 Å². The highest BCUT2D eigenvalue weighted by atomic mass is 28.4. The largest absolute Gasteiger partial charge is 0.463 e. The lowest BCUT2D eigenvalue weighted by molar-refractivity contribution is -0.146. The number of aliphatic hydroxyl groups is 4. The lowest BCUT2D eigenvalue weighted by atomic mass is 10.1. The maximum absolute atomic E-state index is 13.7. The van der Waals surface area contributed by atoms with Crippen LogP contribution in [-0.2, 0) is 65.9 Å². The third-order valence-electron chi connectivity index (χ3n) is 11.1. The zero-order valence-electron chi connectivity index (χ0n) is 46.1. The summed E-state index contributed by atoms with van der Waals surface area (Å²) in [6, 6.07) is -0.415. The summed E-state index contributed by atoms with van der Waals surface area (Å²) in [6.07, 6.45) is 8.39. The van der Waals surface area contributed by atoms with E-state index >= 15 is 0 Å². The molecule has 74 heavy (non-hydrogen) atoms. The van der Waals surface area contributed by atoms with Gasteiger partial charge in [-0.05, 0) is 97.3 Å². The molecule has 1 aromatic rings. The highest BCUT2D eigenvalue weighted by Crippen LogP contribution is 2.17. The fourth-order valence-corrected chi connectivity index (χ4v) is 23.5. The molecule has 0 spiro atoms. The van der Waals surface area contributed by atoms with Crippen LogP contribution in [0.4, 0.5) is 4.79 Å². The van der Waals surface area contributed by atoms with Gasteiger partial charge in [0.2, 0.25) is 0 Å². The third kappa shape index (κ3) is 32.0. The highest BCUT2D eigenvalue weighted by Gasteiger charge is 2.35. The Labute approximate surface area is 442 Å². The molecule has 23 nitrogen and oxygen atoms in total. The predicted octanol–water partition coefficient (Wildman–Crippen LogP) is 2.39. The van der Waals surface area contributed by atoms with E-state index in [9.17, 15) is 39.0 Å². The third-order valence-corrected chi connectivity index (χ3v) is 23.6. The molecule has 0 unspecified atom stereocenters. The second kappa shape index (κ2) is 38.6. The summed E-state index contributed by atoms with van der Waals surface area (Å²) in [7, 11) is -8.47. The Kier molecular flexibility index (Phi) is 36.1. The molecule has 432 valence electrons. The van der Waals surface area contributed by atoms with Gasteiger partial charge in [0.25, 0.3) is 0 Å². The van der Waals surface area contributed by atoms with E-state index in [4.69, 9.17) is 46.9 Å². The molecule has 2 amide bonds. The molecule has 0 radical (unpaired) electrons. The number of aromatic nitrogens is 3. The van der Waals surface area contributed by atoms with E-state index in [1.807, 2.05) is 0 Å². The number of carbonyl (C=O) groups excluding carboxylic acids is 3. The fraction of sp³-hybridized carbons (Fsp3) is 0.872. The van der Waals surface area contributed by atoms with Crippen LogP contribution in [0, 0.1) is 0 Å². The number of unbranched alkanes of at least 4 members (excludes halogenated alkanes) is 8. The summed E-state index contributed by atoms with van der Waals surface area (Å²) < 4.78 is 49.4. The summed E-state index contributed by atoms with van der Waals surface area (Å²) in [5.74, 6) is -0.688. The number of nitrogens with zero attached hydrogens (tertiary/aromatic N) is 4. The molecule has 0 saturated carbocycles. The number of nitrogens with one attached hydrogen (secondary N) is 1. The minimum Gasteiger partial charge on any atom is -0.463 e. The van der Waals surface area contributed by atoms with Crippen molar-refractivity contribution in [2.24, 2.45) is 0 Å². The van der Waals surface area contributed by atoms with Gasteiger partial charge >= 0.3 is 35.0 Å². The van der Waals surface area contributed by atoms with Crippen LogP contribution in [0.15, 0.2) is 14.4 Å². The monoisotopic (exact) mass is 1130 g/mol. The lowest BCUT2D eigenvalue weighted by Crippen LogP contribution is -2.54. The molecule has 1 heterocycles. The number of urea groups is 1. The SMILES string of the molecule is C[Si](C)(COCCO)O[Si](C)(C)COCCOC(=O)CCCCCCn1c(=O)n(CCCCCCC(=O)OCCOC[Si](C)(C)O[Si](C)(C)COCCO)c(=O)n(CCCCCNC(=O)N(CCO)CCO)c1=O. The summed E-state index contributed by atoms with van der Waals surface area (Å²) in [5, 5.41) is 39.1. The number of rotatable bonds is 46. The highest BCUT2D eigenvalue weighted by molar-refractivity contribution is 6.85. The number of amides is 2. The molecule has 0 aliphatic carbocycles. The molecule has 0 fully saturated rings. The fourth-order valence-electron chi connectivity index (χ4n) is 8.07. The molecule has 0 saturated heterocycles. The van der Waals surface area contributed by atoms with Crippen molar-refractivity contribution in [3.05, 3.63) is 31.5 Å². The van der Waals surface area contributed by atoms with E-state index in [0.29, 0.717) is 102 Å². The Bertz CT molecular complexity index is 1790. The first kappa shape index (κ1) is 69.1. The molecule has 0 bridgehead atoms. The number of carbonyl (C=O) groups is 3. The van der Waals surface area contributed by atoms with Gasteiger partial charge in [-0.15, -0.1) is 0 Å². The standard InChI is InChI=1S/C47H95N5O18Si4/c1-71(2,38-63-32-30-55)69-73(5,6)40-65-34-36-67-42(57)20-14-9-11-17-23-50-45(60)51(47(62)52(46(50)61)25-19-13-16-22-48-44(59)49(26-28-53)27-29-54)24-18-12-10-15-21-43(58)68-37-35-66-41-74(7,8)70-72(3,4)39-64-33-31-56/h53-56H,9-41H2,1-8H3,(H,48,59). The van der Waals surface area contributed by atoms with Crippen molar-refractivity contribution in [1.82, 2.24) is 23.9 Å². The number of hydrogen-bond acceptors (Lipinski definition) is 18. The first-order valence-corrected chi connectivity index (χ1v) is 38.9. The van der Waals surface area contributed by atoms with Gasteiger partial charge in [0.05, 0.1) is 77.8 Å². The van der Waals surface area contributed by atoms with Crippen LogP contribution >= 0.6 is 0 Å². The summed E-state index contributed by atoms with van der Waals surface area (Å²) >= 11 is 0. The smallest absolute Gasteiger partial charge is 0.336 e. The van der Waals surface area contributed by atoms with Gasteiger partial charge in [0, 0.05) is 52.1 Å². The van der Waals surface area contributed by atoms with Gasteiger partial charge in [-0.1, -0.05) is 25.7 Å². The molecule has 0 aliphatic heterocycles. The first-order valence-electron chi connectivity index (χ1n) is 26.5. The number of hydrogen-bond donors (Lipinski definition) is 5. The van der Waals surface area contributed by atoms with Crippen LogP contribution in [0.1, 0.15) is 83.5 Å². The van der Waals surface area contributed by atoms with Crippen LogP contribution < -0.4 is 22.4 Å². The van der Waals surface area contributed by atoms with Crippen LogP contribution in [-0.4, -0.2) is 201 Å². The minimum atomic E-state index is -2.15. The normalized spacial score (nSPS) is 12.3. The minimum absolute atomic E-state index is 0.0342. The maximum atomic E-state index is 13.7. The molecule has 0 aromatic carbocycles. The Hall–Kier alpha value is -2.91. The number of esters is 2. The predicted molar refractivity (Wildman–Crippen MR) is 290 cm³/mol. The quantitative estimate of drug-likeness (QED) is 0.0356. The van der Waals surface area contributed by atoms with E-state index < -0.39 is 56.4 Å². The van der Waals surface area contributed by atoms with Crippen molar-refractivity contribution in [3.8, 4) is 0 Å². The molecule has 1 rings (SSSR count). The van der Waals surface area contributed by atoms with E-state index in [-0.39, 0.29) is 124 Å². The van der Waals surface area contributed by atoms with E-state index in [0.717, 1.165) is 13.7 Å². The molecule has 1 aromatic heterocycles. The van der Waals surface area contributed by atoms with Gasteiger partial charge in [0.1, 0.15) is 13.2 Å². The first-order chi connectivity index (χ1) is 35.0. The number of aliphatic hydroxyl groups excluding tert-OH is 4. The van der Waals surface area contributed by atoms with Gasteiger partial charge in [-0.3, -0.25) is 9.59 Å². The summed E-state index contributed by atoms with van der Waals surface area (Å²) in [6.45, 7) is 18.0. The molecule has 27 heteroatoms. The van der Waals surface area contributed by atoms with Gasteiger partial charge in [0.15, 0.2) is 33.3 Å². The Morgan fingerprint density at radius 2 is 0.770 bits per heavy atom. The van der Waals surface area contributed by atoms with Crippen molar-refractivity contribution in [2.45, 2.75) is 155 Å². The van der Waals surface area contributed by atoms with Crippen molar-refractivity contribution in [3.63, 3.8) is 0 Å². The van der Waals surface area contributed by atoms with Crippen LogP contribution in [0.25, 0.3) is 0 Å². The zero-order valence-corrected chi connectivity index (χ0v) is 50.1. The van der Waals surface area contributed by atoms with Crippen LogP contribution in [0.5, 0.6) is 0 Å². The summed E-state index contributed by atoms with van der Waals surface area (Å²) in [5.41, 5.74) is -2.07. The second-order valence-corrected chi connectivity index (χ2v) is 37.6. The second-order valence-electron chi connectivity index (χ2n) is 20.7. The Morgan fingerprint density at radius 1 is 0.446 bits per heavy atom. The van der Waals surface area contributed by atoms with Gasteiger partial charge < -0.3 is 67.3 Å². The van der Waals surface area contributed by atoms with Crippen molar-refractivity contribution in [1.29, 1.82) is 0 Å². The van der Waals surface area contributed by atoms with Crippen LogP contribution in [0.2, 0.25) is 52.4 Å². The van der Waals surface area contributed by atoms with E-state index in [1.165, 1.54) is 4.90 Å². The maximum Gasteiger partial charge on any atom is 0.336 e.